The zero-order valence-corrected chi connectivity index (χ0v) is 12.7. The van der Waals surface area contributed by atoms with Crippen molar-refractivity contribution >= 4 is 34.5 Å². The molecule has 0 bridgehead atoms. The van der Waals surface area contributed by atoms with Gasteiger partial charge in [0.25, 0.3) is 11.6 Å². The number of carbonyl (C=O) groups is 1. The van der Waals surface area contributed by atoms with Crippen molar-refractivity contribution in [3.8, 4) is 0 Å². The molecule has 1 amide bonds. The smallest absolute Gasteiger partial charge is 0.294 e. The van der Waals surface area contributed by atoms with Gasteiger partial charge < -0.3 is 9.72 Å². The number of imidazole rings is 1. The van der Waals surface area contributed by atoms with E-state index >= 15 is 0 Å². The molecule has 0 fully saturated rings. The van der Waals surface area contributed by atoms with Crippen molar-refractivity contribution in [2.24, 2.45) is 0 Å². The number of aryl methyl sites for hydroxylation is 1. The third-order valence-corrected chi connectivity index (χ3v) is 3.48. The number of hydrogen-bond donors (Lipinski definition) is 1. The molecule has 1 aromatic carbocycles. The molecule has 0 spiro atoms. The Kier molecular flexibility index (Phi) is 3.71. The van der Waals surface area contributed by atoms with E-state index in [1.54, 1.807) is 22.7 Å². The van der Waals surface area contributed by atoms with Crippen LogP contribution in [0.1, 0.15) is 16.1 Å². The summed E-state index contributed by atoms with van der Waals surface area (Å²) in [6.07, 6.45) is 3.54. The van der Waals surface area contributed by atoms with E-state index in [1.807, 2.05) is 13.1 Å². The summed E-state index contributed by atoms with van der Waals surface area (Å²) in [7, 11) is 0. The topological polar surface area (TPSA) is 89.5 Å². The van der Waals surface area contributed by atoms with Gasteiger partial charge >= 0.3 is 0 Å². The lowest BCUT2D eigenvalue weighted by Crippen LogP contribution is -2.13. The fourth-order valence-electron chi connectivity index (χ4n) is 2.21. The summed E-state index contributed by atoms with van der Waals surface area (Å²) in [6, 6.07) is 7.30. The van der Waals surface area contributed by atoms with Crippen LogP contribution in [0.3, 0.4) is 0 Å². The van der Waals surface area contributed by atoms with Crippen LogP contribution in [0, 0.1) is 17.0 Å². The van der Waals surface area contributed by atoms with Gasteiger partial charge in [-0.2, -0.15) is 0 Å². The first kappa shape index (κ1) is 15.0. The largest absolute Gasteiger partial charge is 0.316 e. The highest BCUT2D eigenvalue weighted by Gasteiger charge is 2.17. The Morgan fingerprint density at radius 2 is 2.13 bits per heavy atom. The van der Waals surface area contributed by atoms with Crippen LogP contribution in [0.5, 0.6) is 0 Å². The zero-order valence-electron chi connectivity index (χ0n) is 12.0. The van der Waals surface area contributed by atoms with Crippen LogP contribution in [0.25, 0.3) is 5.65 Å². The van der Waals surface area contributed by atoms with Crippen LogP contribution < -0.4 is 5.32 Å². The summed E-state index contributed by atoms with van der Waals surface area (Å²) in [6.45, 7) is 1.85. The normalized spacial score (nSPS) is 10.7. The summed E-state index contributed by atoms with van der Waals surface area (Å²) in [5.41, 5.74) is 1.64. The van der Waals surface area contributed by atoms with Gasteiger partial charge in [0.15, 0.2) is 0 Å². The van der Waals surface area contributed by atoms with Gasteiger partial charge in [-0.1, -0.05) is 11.6 Å². The number of amides is 1. The lowest BCUT2D eigenvalue weighted by molar-refractivity contribution is -0.383. The highest BCUT2D eigenvalue weighted by atomic mass is 35.5. The molecule has 7 nitrogen and oxygen atoms in total. The molecule has 3 aromatic rings. The van der Waals surface area contributed by atoms with Crippen LogP contribution in [-0.4, -0.2) is 20.2 Å². The second kappa shape index (κ2) is 5.69. The van der Waals surface area contributed by atoms with Crippen LogP contribution in [-0.2, 0) is 0 Å². The van der Waals surface area contributed by atoms with E-state index in [2.05, 4.69) is 10.3 Å². The van der Waals surface area contributed by atoms with Crippen LogP contribution >= 0.6 is 11.6 Å². The third-order valence-electron chi connectivity index (χ3n) is 3.25. The number of nitro groups is 1. The number of anilines is 1. The average molecular weight is 331 g/mol. The van der Waals surface area contributed by atoms with Gasteiger partial charge in [0, 0.05) is 29.0 Å². The van der Waals surface area contributed by atoms with Crippen LogP contribution in [0.15, 0.2) is 42.7 Å². The molecule has 0 aliphatic rings. The average Bonchev–Trinajstić information content (AvgIpc) is 2.87. The summed E-state index contributed by atoms with van der Waals surface area (Å²) in [5, 5.41) is 13.8. The molecule has 0 saturated heterocycles. The molecular formula is C15H11ClN4O3. The van der Waals surface area contributed by atoms with Gasteiger partial charge in [-0.3, -0.25) is 14.9 Å². The minimum absolute atomic E-state index is 0.0868. The quantitative estimate of drug-likeness (QED) is 0.588. The Hall–Kier alpha value is -2.93. The molecule has 0 aliphatic carbocycles. The van der Waals surface area contributed by atoms with Gasteiger partial charge in [-0.05, 0) is 31.2 Å². The Bertz CT molecular complexity index is 936. The van der Waals surface area contributed by atoms with Gasteiger partial charge in [0.05, 0.1) is 10.6 Å². The van der Waals surface area contributed by atoms with Crippen molar-refractivity contribution < 1.29 is 9.72 Å². The fraction of sp³-hybridized carbons (Fsp3) is 0.0667. The molecule has 0 saturated carbocycles. The predicted molar refractivity (Wildman–Crippen MR) is 86.0 cm³/mol. The second-order valence-corrected chi connectivity index (χ2v) is 5.37. The number of nitrogens with one attached hydrogen (secondary N) is 1. The number of rotatable bonds is 3. The number of fused-ring (bicyclic) bond motifs is 1. The number of nitrogens with zero attached hydrogens (tertiary/aromatic N) is 3. The fourth-order valence-corrected chi connectivity index (χ4v) is 2.37. The van der Waals surface area contributed by atoms with E-state index in [4.69, 9.17) is 11.6 Å². The predicted octanol–water partition coefficient (Wildman–Crippen LogP) is 3.46. The number of benzene rings is 1. The first-order chi connectivity index (χ1) is 10.9. The number of hydrogen-bond acceptors (Lipinski definition) is 4. The molecule has 116 valence electrons. The third kappa shape index (κ3) is 3.00. The standard InChI is InChI=1S/C15H11ClN4O3/c1-9-8-19-5-4-10(6-14(19)17-9)15(21)18-12-3-2-11(16)7-13(12)20(22)23/h2-8H,1H3,(H,18,21). The maximum absolute atomic E-state index is 12.3. The van der Waals surface area contributed by atoms with Crippen molar-refractivity contribution in [2.45, 2.75) is 6.92 Å². The molecule has 3 rings (SSSR count). The number of halogens is 1. The molecule has 0 radical (unpaired) electrons. The molecular weight excluding hydrogens is 320 g/mol. The van der Waals surface area contributed by atoms with Crippen molar-refractivity contribution in [1.29, 1.82) is 0 Å². The SMILES string of the molecule is Cc1cn2ccc(C(=O)Nc3ccc(Cl)cc3[N+](=O)[O-])cc2n1. The van der Waals surface area contributed by atoms with Gasteiger partial charge in [0.1, 0.15) is 11.3 Å². The number of carbonyl (C=O) groups excluding carboxylic acids is 1. The monoisotopic (exact) mass is 330 g/mol. The Balaban J connectivity index is 1.92. The maximum Gasteiger partial charge on any atom is 0.294 e. The first-order valence-corrected chi connectivity index (χ1v) is 7.02. The molecule has 0 aliphatic heterocycles. The first-order valence-electron chi connectivity index (χ1n) is 6.65. The molecule has 2 aromatic heterocycles. The summed E-state index contributed by atoms with van der Waals surface area (Å²) in [4.78, 5) is 27.1. The minimum Gasteiger partial charge on any atom is -0.316 e. The number of aromatic nitrogens is 2. The molecule has 0 unspecified atom stereocenters. The van der Waals surface area contributed by atoms with Crippen LogP contribution in [0.2, 0.25) is 5.02 Å². The molecule has 23 heavy (non-hydrogen) atoms. The van der Waals surface area contributed by atoms with E-state index in [1.165, 1.54) is 18.2 Å². The lowest BCUT2D eigenvalue weighted by Gasteiger charge is -2.06. The van der Waals surface area contributed by atoms with Gasteiger partial charge in [-0.15, -0.1) is 0 Å². The van der Waals surface area contributed by atoms with E-state index in [0.29, 0.717) is 11.2 Å². The lowest BCUT2D eigenvalue weighted by atomic mass is 10.2. The Labute approximate surface area is 135 Å². The van der Waals surface area contributed by atoms with Gasteiger partial charge in [-0.25, -0.2) is 4.98 Å². The summed E-state index contributed by atoms with van der Waals surface area (Å²) >= 11 is 5.75. The van der Waals surface area contributed by atoms with Gasteiger partial charge in [0.2, 0.25) is 0 Å². The minimum atomic E-state index is -0.595. The Morgan fingerprint density at radius 1 is 1.35 bits per heavy atom. The van der Waals surface area contributed by atoms with Crippen molar-refractivity contribution in [3.05, 3.63) is 69.1 Å². The maximum atomic E-state index is 12.3. The van der Waals surface area contributed by atoms with E-state index in [-0.39, 0.29) is 16.4 Å². The molecule has 8 heteroatoms. The highest BCUT2D eigenvalue weighted by molar-refractivity contribution is 6.31. The molecule has 2 heterocycles. The highest BCUT2D eigenvalue weighted by Crippen LogP contribution is 2.28. The van der Waals surface area contributed by atoms with Crippen molar-refractivity contribution in [2.75, 3.05) is 5.32 Å². The zero-order chi connectivity index (χ0) is 16.6. The van der Waals surface area contributed by atoms with E-state index in [0.717, 1.165) is 5.69 Å². The van der Waals surface area contributed by atoms with E-state index < -0.39 is 10.8 Å². The Morgan fingerprint density at radius 3 is 2.87 bits per heavy atom. The number of pyridine rings is 1. The summed E-state index contributed by atoms with van der Waals surface area (Å²) in [5.74, 6) is -0.460. The van der Waals surface area contributed by atoms with E-state index in [9.17, 15) is 14.9 Å². The van der Waals surface area contributed by atoms with Crippen molar-refractivity contribution in [3.63, 3.8) is 0 Å². The number of nitro benzene ring substituents is 1. The van der Waals surface area contributed by atoms with Crippen molar-refractivity contribution in [1.82, 2.24) is 9.38 Å². The van der Waals surface area contributed by atoms with Crippen LogP contribution in [0.4, 0.5) is 11.4 Å². The second-order valence-electron chi connectivity index (χ2n) is 4.94. The summed E-state index contributed by atoms with van der Waals surface area (Å²) < 4.78 is 1.79. The molecule has 0 atom stereocenters. The molecule has 1 N–H and O–H groups in total.